The maximum absolute atomic E-state index is 5.61. The second-order valence-corrected chi connectivity index (χ2v) is 12.6. The van der Waals surface area contributed by atoms with Gasteiger partial charge in [-0.05, 0) is 90.5 Å². The van der Waals surface area contributed by atoms with E-state index < -0.39 is 0 Å². The van der Waals surface area contributed by atoms with Gasteiger partial charge in [0.05, 0.1) is 49.5 Å². The maximum atomic E-state index is 5.61. The fourth-order valence-corrected chi connectivity index (χ4v) is 9.48. The largest absolute Gasteiger partial charge is 0.493 e. The Morgan fingerprint density at radius 1 is 0.594 bits per heavy atom. The third kappa shape index (κ3) is 4.09. The first kappa shape index (κ1) is 23.3. The summed E-state index contributed by atoms with van der Waals surface area (Å²) >= 11 is 0. The maximum Gasteiger partial charge on any atom is 0.170 e. The van der Waals surface area contributed by atoms with Gasteiger partial charge in [-0.15, -0.1) is 0 Å². The summed E-state index contributed by atoms with van der Waals surface area (Å²) in [5, 5.41) is 4.31. The molecule has 0 amide bonds. The molecule has 0 atom stereocenters. The van der Waals surface area contributed by atoms with E-state index in [1.807, 2.05) is 24.3 Å². The molecular formula is C22H24N2O4S4. The van der Waals surface area contributed by atoms with E-state index in [0.717, 1.165) is 66.0 Å². The topological polar surface area (TPSA) is 68.5 Å². The predicted octanol–water partition coefficient (Wildman–Crippen LogP) is 7.40. The van der Waals surface area contributed by atoms with E-state index in [2.05, 4.69) is 23.8 Å². The molecule has 0 saturated heterocycles. The summed E-state index contributed by atoms with van der Waals surface area (Å²) in [5.41, 5.74) is 4.37. The van der Waals surface area contributed by atoms with Crippen LogP contribution in [0.2, 0.25) is 0 Å². The van der Waals surface area contributed by atoms with Gasteiger partial charge < -0.3 is 28.9 Å². The van der Waals surface area contributed by atoms with Crippen molar-refractivity contribution in [2.75, 3.05) is 28.4 Å². The lowest BCUT2D eigenvalue weighted by atomic mass is 10.1. The van der Waals surface area contributed by atoms with Crippen LogP contribution in [0.3, 0.4) is 0 Å². The van der Waals surface area contributed by atoms with Gasteiger partial charge in [0.15, 0.2) is 23.0 Å². The Balaban J connectivity index is 1.49. The first-order valence-electron chi connectivity index (χ1n) is 9.68. The molecule has 0 aliphatic carbocycles. The van der Waals surface area contributed by atoms with E-state index in [4.69, 9.17) is 18.9 Å². The van der Waals surface area contributed by atoms with Crippen LogP contribution in [-0.2, 0) is 0 Å². The van der Waals surface area contributed by atoms with Crippen LogP contribution in [0.4, 0.5) is 0 Å². The number of methoxy groups -OCH3 is 4. The molecule has 32 heavy (non-hydrogen) atoms. The third-order valence-electron chi connectivity index (χ3n) is 5.28. The van der Waals surface area contributed by atoms with Crippen LogP contribution in [0.25, 0.3) is 21.8 Å². The van der Waals surface area contributed by atoms with E-state index in [0.29, 0.717) is 0 Å². The molecule has 0 radical (unpaired) electrons. The molecule has 2 heterocycles. The second kappa shape index (κ2) is 9.94. The number of hydrogen-bond acceptors (Lipinski definition) is 8. The quantitative estimate of drug-likeness (QED) is 0.179. The summed E-state index contributed by atoms with van der Waals surface area (Å²) in [5.74, 6) is 2.99. The van der Waals surface area contributed by atoms with Gasteiger partial charge in [-0.2, -0.15) is 0 Å². The van der Waals surface area contributed by atoms with Crippen LogP contribution in [0.1, 0.15) is 11.1 Å². The van der Waals surface area contributed by atoms with Gasteiger partial charge in [-0.1, -0.05) is 0 Å². The average molecular weight is 509 g/mol. The van der Waals surface area contributed by atoms with Crippen molar-refractivity contribution in [1.29, 1.82) is 0 Å². The Morgan fingerprint density at radius 3 is 1.34 bits per heavy atom. The SMILES string of the molecule is COc1ccc2[nH]c(SSSSc3[nH]c4ccc(OC)c(OC)c4c3C)c(C)c2c1OC. The normalized spacial score (nSPS) is 11.3. The second-order valence-electron chi connectivity index (χ2n) is 6.91. The Morgan fingerprint density at radius 2 is 1.00 bits per heavy atom. The number of H-pyrrole nitrogens is 2. The highest BCUT2D eigenvalue weighted by Gasteiger charge is 2.18. The highest BCUT2D eigenvalue weighted by molar-refractivity contribution is 9.26. The fourth-order valence-electron chi connectivity index (χ4n) is 3.73. The van der Waals surface area contributed by atoms with E-state index >= 15 is 0 Å². The number of fused-ring (bicyclic) bond motifs is 2. The van der Waals surface area contributed by atoms with Crippen molar-refractivity contribution < 1.29 is 18.9 Å². The zero-order valence-corrected chi connectivity index (χ0v) is 21.8. The van der Waals surface area contributed by atoms with Gasteiger partial charge in [-0.25, -0.2) is 0 Å². The Hall–Kier alpha value is -1.88. The first-order valence-corrected chi connectivity index (χ1v) is 14.5. The van der Waals surface area contributed by atoms with Gasteiger partial charge >= 0.3 is 0 Å². The van der Waals surface area contributed by atoms with Gasteiger partial charge in [0.2, 0.25) is 0 Å². The van der Waals surface area contributed by atoms with E-state index in [1.54, 1.807) is 69.7 Å². The summed E-state index contributed by atoms with van der Waals surface area (Å²) in [4.78, 5) is 6.99. The van der Waals surface area contributed by atoms with Gasteiger partial charge in [0.1, 0.15) is 0 Å². The molecule has 0 fully saturated rings. The summed E-state index contributed by atoms with van der Waals surface area (Å²) < 4.78 is 22.1. The lowest BCUT2D eigenvalue weighted by molar-refractivity contribution is 0.358. The fraction of sp³-hybridized carbons (Fsp3) is 0.273. The minimum Gasteiger partial charge on any atom is -0.493 e. The van der Waals surface area contributed by atoms with Crippen LogP contribution in [0, 0.1) is 13.8 Å². The van der Waals surface area contributed by atoms with Crippen LogP contribution in [0.15, 0.2) is 34.3 Å². The van der Waals surface area contributed by atoms with Crippen molar-refractivity contribution in [3.8, 4) is 23.0 Å². The molecule has 0 bridgehead atoms. The summed E-state index contributed by atoms with van der Waals surface area (Å²) in [7, 11) is 13.5. The van der Waals surface area contributed by atoms with Gasteiger partial charge in [0, 0.05) is 10.8 Å². The molecule has 2 N–H and O–H groups in total. The summed E-state index contributed by atoms with van der Waals surface area (Å²) in [6.07, 6.45) is 0. The standard InChI is InChI=1S/C22H24N2O4S4/c1-11-17-13(7-9-15(25-3)19(17)27-5)23-21(11)29-31-32-30-22-12(2)18-14(24-22)8-10-16(26-4)20(18)28-6/h7-10,23-24H,1-6H3. The third-order valence-corrected chi connectivity index (χ3v) is 11.4. The summed E-state index contributed by atoms with van der Waals surface area (Å²) in [6, 6.07) is 7.89. The number of nitrogens with one attached hydrogen (secondary N) is 2. The number of aromatic nitrogens is 2. The van der Waals surface area contributed by atoms with Crippen molar-refractivity contribution in [3.05, 3.63) is 35.4 Å². The molecule has 170 valence electrons. The number of rotatable bonds is 9. The van der Waals surface area contributed by atoms with Crippen LogP contribution in [0.5, 0.6) is 23.0 Å². The monoisotopic (exact) mass is 508 g/mol. The zero-order valence-electron chi connectivity index (χ0n) is 18.6. The number of aromatic amines is 2. The Kier molecular flexibility index (Phi) is 7.24. The van der Waals surface area contributed by atoms with Crippen LogP contribution in [-0.4, -0.2) is 38.4 Å². The van der Waals surface area contributed by atoms with Crippen molar-refractivity contribution in [3.63, 3.8) is 0 Å². The lowest BCUT2D eigenvalue weighted by Crippen LogP contribution is -1.91. The molecule has 0 spiro atoms. The molecule has 4 aromatic rings. The first-order chi connectivity index (χ1) is 15.5. The molecule has 10 heteroatoms. The van der Waals surface area contributed by atoms with E-state index in [1.165, 1.54) is 0 Å². The van der Waals surface area contributed by atoms with E-state index in [9.17, 15) is 0 Å². The van der Waals surface area contributed by atoms with Crippen molar-refractivity contribution >= 4 is 63.0 Å². The molecule has 2 aromatic heterocycles. The molecule has 0 aliphatic heterocycles. The van der Waals surface area contributed by atoms with Crippen LogP contribution < -0.4 is 18.9 Å². The summed E-state index contributed by atoms with van der Waals surface area (Å²) in [6.45, 7) is 4.20. The number of benzene rings is 2. The average Bonchev–Trinajstić information content (AvgIpc) is 3.31. The molecule has 0 unspecified atom stereocenters. The van der Waals surface area contributed by atoms with Crippen LogP contribution >= 0.6 is 41.2 Å². The van der Waals surface area contributed by atoms with E-state index in [-0.39, 0.29) is 0 Å². The molecule has 0 saturated carbocycles. The minimum atomic E-state index is 0.734. The lowest BCUT2D eigenvalue weighted by Gasteiger charge is -2.08. The molecule has 0 aliphatic rings. The zero-order chi connectivity index (χ0) is 22.8. The highest BCUT2D eigenvalue weighted by atomic mass is 33.7. The predicted molar refractivity (Wildman–Crippen MR) is 139 cm³/mol. The molecule has 4 rings (SSSR count). The number of ether oxygens (including phenoxy) is 4. The van der Waals surface area contributed by atoms with Crippen molar-refractivity contribution in [2.24, 2.45) is 0 Å². The molecule has 6 nitrogen and oxygen atoms in total. The number of aryl methyl sites for hydroxylation is 2. The Bertz CT molecular complexity index is 1170. The molecular weight excluding hydrogens is 485 g/mol. The van der Waals surface area contributed by atoms with Crippen molar-refractivity contribution in [2.45, 2.75) is 23.9 Å². The smallest absolute Gasteiger partial charge is 0.170 e. The molecule has 2 aromatic carbocycles. The Labute approximate surface area is 202 Å². The minimum absolute atomic E-state index is 0.734. The van der Waals surface area contributed by atoms with Gasteiger partial charge in [0.25, 0.3) is 0 Å². The number of hydrogen-bond donors (Lipinski definition) is 2. The van der Waals surface area contributed by atoms with Gasteiger partial charge in [-0.3, -0.25) is 0 Å². The van der Waals surface area contributed by atoms with Crippen molar-refractivity contribution in [1.82, 2.24) is 9.97 Å². The highest BCUT2D eigenvalue weighted by Crippen LogP contribution is 2.52.